The van der Waals surface area contributed by atoms with Crippen LogP contribution in [0.1, 0.15) is 116 Å². The Labute approximate surface area is 559 Å². The predicted octanol–water partition coefficient (Wildman–Crippen LogP) is 13.5. The number of carbonyl (C=O) groups is 8. The van der Waals surface area contributed by atoms with Crippen LogP contribution in [0.4, 0.5) is 0 Å². The van der Waals surface area contributed by atoms with Gasteiger partial charge in [-0.15, -0.1) is 0 Å². The van der Waals surface area contributed by atoms with E-state index in [1.807, 2.05) is 0 Å². The van der Waals surface area contributed by atoms with Crippen molar-refractivity contribution in [2.75, 3.05) is 21.3 Å². The minimum absolute atomic E-state index is 0.177. The molecule has 19 aliphatic rings. The van der Waals surface area contributed by atoms with Crippen LogP contribution in [0, 0.1) is 166 Å². The highest BCUT2D eigenvalue weighted by Crippen LogP contribution is 2.69. The van der Waals surface area contributed by atoms with Gasteiger partial charge in [-0.1, -0.05) is 97.2 Å². The molecule has 95 heavy (non-hydrogen) atoms. The molecule has 0 aliphatic heterocycles. The Balaban J connectivity index is 0.000000110. The van der Waals surface area contributed by atoms with Crippen LogP contribution in [-0.4, -0.2) is 94.6 Å². The number of esters is 3. The van der Waals surface area contributed by atoms with Gasteiger partial charge in [0.2, 0.25) is 0 Å². The molecule has 28 atom stereocenters. The Morgan fingerprint density at radius 1 is 0.305 bits per heavy atom. The number of methoxy groups -OCH3 is 3. The van der Waals surface area contributed by atoms with Gasteiger partial charge in [0.05, 0.1) is 33.2 Å². The van der Waals surface area contributed by atoms with Crippen molar-refractivity contribution in [1.82, 2.24) is 0 Å². The van der Waals surface area contributed by atoms with Crippen molar-refractivity contribution in [3.8, 4) is 0 Å². The van der Waals surface area contributed by atoms with Crippen molar-refractivity contribution in [2.24, 2.45) is 166 Å². The first-order valence-corrected chi connectivity index (χ1v) is 35.6. The van der Waals surface area contributed by atoms with Crippen LogP contribution in [0.15, 0.2) is 134 Å². The van der Waals surface area contributed by atoms with Crippen molar-refractivity contribution >= 4 is 47.8 Å². The number of carboxylic acids is 5. The lowest BCUT2D eigenvalue weighted by Crippen LogP contribution is -2.44. The van der Waals surface area contributed by atoms with E-state index in [1.54, 1.807) is 38.5 Å². The highest BCUT2D eigenvalue weighted by molar-refractivity contribution is 5.91. The van der Waals surface area contributed by atoms with Crippen molar-refractivity contribution < 1.29 is 78.1 Å². The number of fused-ring (bicyclic) bond motifs is 34. The van der Waals surface area contributed by atoms with Crippen LogP contribution in [0.5, 0.6) is 0 Å². The van der Waals surface area contributed by atoms with E-state index in [-0.39, 0.29) is 17.8 Å². The van der Waals surface area contributed by atoms with Gasteiger partial charge in [-0.3, -0.25) is 9.59 Å². The first-order valence-electron chi connectivity index (χ1n) is 35.6. The predicted molar refractivity (Wildman–Crippen MR) is 356 cm³/mol. The highest BCUT2D eigenvalue weighted by Gasteiger charge is 2.68. The molecule has 19 rings (SSSR count). The topological polar surface area (TPSA) is 265 Å². The first-order chi connectivity index (χ1) is 45.8. The van der Waals surface area contributed by atoms with Crippen LogP contribution in [0.25, 0.3) is 0 Å². The largest absolute Gasteiger partial charge is 0.481 e. The zero-order valence-electron chi connectivity index (χ0n) is 55.3. The molecule has 11 saturated carbocycles. The number of carboxylic acid groups (broad SMARTS) is 5. The first kappa shape index (κ1) is 69.3. The second-order valence-electron chi connectivity index (χ2n) is 30.4. The second-order valence-corrected chi connectivity index (χ2v) is 30.4. The Morgan fingerprint density at radius 3 is 0.937 bits per heavy atom. The number of aliphatic carboxylic acids is 5. The zero-order valence-corrected chi connectivity index (χ0v) is 55.3. The second kappa shape index (κ2) is 31.0. The monoisotopic (exact) mass is 1300 g/mol. The van der Waals surface area contributed by atoms with Gasteiger partial charge in [-0.05, 0) is 269 Å². The molecule has 14 bridgehead atoms. The lowest BCUT2D eigenvalue weighted by atomic mass is 9.65. The average Bonchev–Trinajstić information content (AvgIpc) is 1.53. The number of hydrogen-bond donors (Lipinski definition) is 5. The van der Waals surface area contributed by atoms with Gasteiger partial charge in [0.15, 0.2) is 0 Å². The van der Waals surface area contributed by atoms with E-state index in [9.17, 15) is 43.5 Å². The standard InChI is InChI=1S/C15H18O4.3C10H14.2C10H12.2C5H6O4.C4H4O4/c1-19-15(18)13-9-5-8(12(13)14(16)17)10-6-2-3-7(4-6)11(9)10;5*1-2-9-7-4-5-8(6-7)10(9)3-1;2*1-9-5(8)3-2-4(6)7;5-3(6)1-2-4(7)8/h2-3,6-13H,4-5H2,1H3,(H,16,17);3*1-2,7-10H,3-6H2;2*1-2,4-5,7-10H,3,6H2;2*2-3H,1H3,(H,6,7);1-2H,(H,5,6)(H,7,8)/b;;;;;;2*3-2-;2-1-. The van der Waals surface area contributed by atoms with Gasteiger partial charge >= 0.3 is 47.8 Å². The third-order valence-electron chi connectivity index (χ3n) is 26.4. The summed E-state index contributed by atoms with van der Waals surface area (Å²) in [7, 11) is 3.72. The van der Waals surface area contributed by atoms with Crippen LogP contribution in [0.3, 0.4) is 0 Å². The zero-order chi connectivity index (χ0) is 67.2. The number of ether oxygens (including phenoxy) is 3. The van der Waals surface area contributed by atoms with Crippen LogP contribution < -0.4 is 0 Å². The molecule has 0 amide bonds. The van der Waals surface area contributed by atoms with Gasteiger partial charge in [0.1, 0.15) is 0 Å². The van der Waals surface area contributed by atoms with Gasteiger partial charge < -0.3 is 39.7 Å². The molecular formula is C79H100O16. The van der Waals surface area contributed by atoms with Crippen molar-refractivity contribution in [3.05, 3.63) is 134 Å². The van der Waals surface area contributed by atoms with E-state index in [1.165, 1.54) is 92.0 Å². The third kappa shape index (κ3) is 15.4. The summed E-state index contributed by atoms with van der Waals surface area (Å²) < 4.78 is 13.1. The summed E-state index contributed by atoms with van der Waals surface area (Å²) in [6.45, 7) is 0. The van der Waals surface area contributed by atoms with Gasteiger partial charge in [-0.25, -0.2) is 28.8 Å². The molecule has 11 fully saturated rings. The Morgan fingerprint density at radius 2 is 0.611 bits per heavy atom. The van der Waals surface area contributed by atoms with Crippen molar-refractivity contribution in [1.29, 1.82) is 0 Å². The van der Waals surface area contributed by atoms with Gasteiger partial charge in [0, 0.05) is 36.5 Å². The molecule has 512 valence electrons. The Bertz CT molecular complexity index is 2990. The van der Waals surface area contributed by atoms with E-state index < -0.39 is 53.6 Å². The quantitative estimate of drug-likeness (QED) is 0.0497. The molecule has 0 aromatic rings. The maximum Gasteiger partial charge on any atom is 0.330 e. The molecule has 0 saturated heterocycles. The van der Waals surface area contributed by atoms with E-state index in [0.717, 1.165) is 137 Å². The number of carbonyl (C=O) groups excluding carboxylic acids is 3. The van der Waals surface area contributed by atoms with Crippen molar-refractivity contribution in [2.45, 2.75) is 116 Å². The molecule has 0 spiro atoms. The lowest BCUT2D eigenvalue weighted by molar-refractivity contribution is -0.161. The summed E-state index contributed by atoms with van der Waals surface area (Å²) in [6.07, 6.45) is 68.8. The molecular weight excluding hydrogens is 1200 g/mol. The average molecular weight is 1310 g/mol. The summed E-state index contributed by atoms with van der Waals surface area (Å²) in [5.74, 6) is 15.0. The van der Waals surface area contributed by atoms with E-state index in [0.29, 0.717) is 48.0 Å². The molecule has 0 radical (unpaired) electrons. The van der Waals surface area contributed by atoms with Crippen LogP contribution in [0.2, 0.25) is 0 Å². The van der Waals surface area contributed by atoms with E-state index in [2.05, 4.69) is 107 Å². The van der Waals surface area contributed by atoms with Crippen LogP contribution in [-0.2, 0) is 52.6 Å². The molecule has 5 N–H and O–H groups in total. The third-order valence-corrected chi connectivity index (χ3v) is 26.4. The fourth-order valence-corrected chi connectivity index (χ4v) is 22.8. The van der Waals surface area contributed by atoms with E-state index in [4.69, 9.17) is 25.2 Å². The normalized spacial score (nSPS) is 42.2. The maximum atomic E-state index is 12.0. The smallest absolute Gasteiger partial charge is 0.330 e. The van der Waals surface area contributed by atoms with E-state index >= 15 is 0 Å². The summed E-state index contributed by atoms with van der Waals surface area (Å²) in [5.41, 5.74) is 0. The Kier molecular flexibility index (Phi) is 22.6. The SMILES string of the molecule is C1=CC2C3C=CC(C3)C2C1.C1=CC2C3C=CC(C3)C2C1.C1=CC2C3CCC(C3)C2C1.C1=CC2C3CCC(C3)C2C1.C1=CC2C3CCC(C3)C2C1.COC(=O)/C=C\C(=O)O.COC(=O)/C=C\C(=O)O.COC(=O)C1C2CC(C1C(=O)O)C1C3C=CC(C3)C21.O=C(O)/C=C\C(=O)O. The highest BCUT2D eigenvalue weighted by atomic mass is 16.5. The lowest BCUT2D eigenvalue weighted by Gasteiger charge is -2.38. The van der Waals surface area contributed by atoms with Gasteiger partial charge in [-0.2, -0.15) is 0 Å². The minimum Gasteiger partial charge on any atom is -0.481 e. The summed E-state index contributed by atoms with van der Waals surface area (Å²) in [6, 6.07) is 0. The number of allylic oxidation sites excluding steroid dienone is 16. The molecule has 0 heterocycles. The number of rotatable bonds is 8. The minimum atomic E-state index is -1.26. The molecule has 28 unspecified atom stereocenters. The fraction of sp³-hybridized carbons (Fsp3) is 0.620. The van der Waals surface area contributed by atoms with Crippen molar-refractivity contribution in [3.63, 3.8) is 0 Å². The molecule has 16 heteroatoms. The maximum absolute atomic E-state index is 12.0. The number of hydrogen-bond acceptors (Lipinski definition) is 11. The van der Waals surface area contributed by atoms with Crippen LogP contribution >= 0.6 is 0 Å². The van der Waals surface area contributed by atoms with Gasteiger partial charge in [0.25, 0.3) is 0 Å². The summed E-state index contributed by atoms with van der Waals surface area (Å²) in [5, 5.41) is 41.1. The fourth-order valence-electron chi connectivity index (χ4n) is 22.8. The summed E-state index contributed by atoms with van der Waals surface area (Å²) >= 11 is 0. The summed E-state index contributed by atoms with van der Waals surface area (Å²) in [4.78, 5) is 82.4. The molecule has 0 aromatic heterocycles. The molecule has 0 aromatic carbocycles. The molecule has 16 nitrogen and oxygen atoms in total. The Hall–Kier alpha value is -7.10. The molecule has 19 aliphatic carbocycles.